The van der Waals surface area contributed by atoms with Crippen LogP contribution in [0.5, 0.6) is 46.1 Å². The molecule has 6 aromatic heterocycles. The van der Waals surface area contributed by atoms with Crippen molar-refractivity contribution in [3.8, 4) is 68.9 Å². The van der Waals surface area contributed by atoms with Gasteiger partial charge < -0.3 is 90.2 Å². The molecule has 1 N–H and O–H groups in total. The third kappa shape index (κ3) is 17.6. The van der Waals surface area contributed by atoms with Gasteiger partial charge >= 0.3 is 6.18 Å². The zero-order chi connectivity index (χ0) is 92.1. The van der Waals surface area contributed by atoms with Crippen LogP contribution in [-0.2, 0) is 45.5 Å². The van der Waals surface area contributed by atoms with Crippen LogP contribution in [0.4, 0.5) is 13.2 Å². The molecule has 6 aromatic carbocycles. The van der Waals surface area contributed by atoms with Gasteiger partial charge in [0, 0.05) is 176 Å². The number of halogens is 4. The molecule has 0 unspecified atom stereocenters. The molecular weight excluding hydrogens is 1700 g/mol. The Labute approximate surface area is 762 Å². The molecule has 131 heavy (non-hydrogen) atoms. The van der Waals surface area contributed by atoms with Crippen LogP contribution < -0.4 is 43.5 Å². The van der Waals surface area contributed by atoms with Gasteiger partial charge in [-0.1, -0.05) is 48.0 Å². The molecule has 25 nitrogen and oxygen atoms in total. The number of para-hydroxylation sites is 4. The Morgan fingerprint density at radius 3 is 1.40 bits per heavy atom. The molecule has 1 atom stereocenters. The van der Waals surface area contributed by atoms with Crippen molar-refractivity contribution >= 4 is 35.2 Å². The number of methoxy groups -OCH3 is 3. The number of aromatic nitrogens is 6. The zero-order valence-corrected chi connectivity index (χ0v) is 75.6. The van der Waals surface area contributed by atoms with E-state index in [0.717, 1.165) is 83.1 Å². The summed E-state index contributed by atoms with van der Waals surface area (Å²) >= 11 is 6.20. The Balaban J connectivity index is 0.000000122. The highest BCUT2D eigenvalue weighted by Gasteiger charge is 2.52. The van der Waals surface area contributed by atoms with Crippen molar-refractivity contribution < 1.29 is 80.1 Å². The van der Waals surface area contributed by atoms with Crippen LogP contribution in [-0.4, -0.2) is 168 Å². The van der Waals surface area contributed by atoms with Crippen molar-refractivity contribution in [1.82, 2.24) is 47.4 Å². The molecule has 4 saturated heterocycles. The van der Waals surface area contributed by atoms with Gasteiger partial charge in [0.2, 0.25) is 5.88 Å². The number of likely N-dealkylation sites (tertiary alicyclic amines) is 4. The summed E-state index contributed by atoms with van der Waals surface area (Å²) in [5, 5.41) is 10.8. The van der Waals surface area contributed by atoms with E-state index in [-0.39, 0.29) is 58.0 Å². The second-order valence-electron chi connectivity index (χ2n) is 35.6. The molecule has 20 rings (SSSR count). The highest BCUT2D eigenvalue weighted by molar-refractivity contribution is 6.30. The fraction of sp³-hybridized carbons (Fsp3) is 0.353. The lowest BCUT2D eigenvalue weighted by Crippen LogP contribution is -2.50. The third-order valence-corrected chi connectivity index (χ3v) is 26.0. The van der Waals surface area contributed by atoms with Crippen molar-refractivity contribution in [2.24, 2.45) is 0 Å². The molecule has 8 aliphatic rings. The van der Waals surface area contributed by atoms with Crippen LogP contribution in [0.1, 0.15) is 175 Å². The van der Waals surface area contributed by atoms with Gasteiger partial charge in [-0.15, -0.1) is 0 Å². The highest BCUT2D eigenvalue weighted by Crippen LogP contribution is 2.52. The monoisotopic (exact) mass is 1800 g/mol. The number of carbonyl (C=O) groups is 4. The minimum Gasteiger partial charge on any atom is -0.493 e. The maximum Gasteiger partial charge on any atom is 0.431 e. The van der Waals surface area contributed by atoms with Crippen molar-refractivity contribution in [2.75, 3.05) is 80.3 Å². The minimum atomic E-state index is -4.53. The van der Waals surface area contributed by atoms with Crippen molar-refractivity contribution in [2.45, 2.75) is 152 Å². The summed E-state index contributed by atoms with van der Waals surface area (Å²) in [6.07, 6.45) is 9.61. The fourth-order valence-electron chi connectivity index (χ4n) is 19.1. The van der Waals surface area contributed by atoms with E-state index in [0.29, 0.717) is 147 Å². The lowest BCUT2D eigenvalue weighted by Gasteiger charge is -2.45. The second kappa shape index (κ2) is 35.9. The number of benzene rings is 6. The number of fused-ring (bicyclic) bond motifs is 16. The number of aryl methyl sites for hydroxylation is 1. The van der Waals surface area contributed by atoms with E-state index < -0.39 is 39.9 Å². The maximum atomic E-state index is 13.8. The van der Waals surface area contributed by atoms with Crippen molar-refractivity contribution in [3.63, 3.8) is 0 Å². The first kappa shape index (κ1) is 89.8. The molecule has 0 aliphatic carbocycles. The molecule has 0 radical (unpaired) electrons. The molecule has 8 aliphatic heterocycles. The summed E-state index contributed by atoms with van der Waals surface area (Å²) in [7, 11) is 4.81. The van der Waals surface area contributed by atoms with E-state index in [4.69, 9.17) is 54.2 Å². The number of rotatable bonds is 13. The van der Waals surface area contributed by atoms with Gasteiger partial charge in [-0.2, -0.15) is 13.2 Å². The fourth-order valence-corrected chi connectivity index (χ4v) is 19.2. The lowest BCUT2D eigenvalue weighted by atomic mass is 9.86. The predicted octanol–water partition coefficient (Wildman–Crippen LogP) is 18.1. The van der Waals surface area contributed by atoms with Gasteiger partial charge in [-0.25, -0.2) is 4.98 Å². The number of aliphatic hydroxyl groups is 1. The number of amides is 4. The van der Waals surface area contributed by atoms with Gasteiger partial charge in [-0.3, -0.25) is 24.0 Å². The van der Waals surface area contributed by atoms with E-state index in [1.165, 1.54) is 16.8 Å². The average Bonchev–Trinajstić information content (AvgIpc) is 1.60. The second-order valence-corrected chi connectivity index (χ2v) is 36.1. The van der Waals surface area contributed by atoms with Gasteiger partial charge in [0.25, 0.3) is 29.2 Å². The first-order chi connectivity index (χ1) is 62.9. The van der Waals surface area contributed by atoms with Crippen LogP contribution in [0.3, 0.4) is 0 Å². The summed E-state index contributed by atoms with van der Waals surface area (Å²) in [4.78, 5) is 76.7. The summed E-state index contributed by atoms with van der Waals surface area (Å²) in [5.41, 5.74) is 4.98. The normalized spacial score (nSPS) is 16.8. The third-order valence-electron chi connectivity index (χ3n) is 25.7. The number of carbonyl (C=O) groups excluding carboxylic acids is 4. The molecule has 12 aromatic rings. The predicted molar refractivity (Wildman–Crippen MR) is 487 cm³/mol. The van der Waals surface area contributed by atoms with Crippen LogP contribution in [0.25, 0.3) is 22.7 Å². The van der Waals surface area contributed by atoms with Crippen LogP contribution in [0.2, 0.25) is 5.02 Å². The van der Waals surface area contributed by atoms with E-state index in [2.05, 4.69) is 73.5 Å². The van der Waals surface area contributed by atoms with Gasteiger partial charge in [-0.05, 0) is 212 Å². The number of alkyl halides is 3. The highest BCUT2D eigenvalue weighted by atomic mass is 35.5. The average molecular weight is 1800 g/mol. The molecule has 14 heterocycles. The Morgan fingerprint density at radius 1 is 0.473 bits per heavy atom. The van der Waals surface area contributed by atoms with E-state index >= 15 is 0 Å². The number of piperidine rings is 4. The number of hydrogen-bond donors (Lipinski definition) is 1. The summed E-state index contributed by atoms with van der Waals surface area (Å²) < 4.78 is 105. The maximum absolute atomic E-state index is 13.8. The SMILES string of the molecule is CC(C)(O)c1ccc(C(=O)N2CCC3(CC2)Oc2ncccc2-n2c(C(F)(F)F)ccc23)cc1.CCn1cccc(C(=O)N2CCC3(CC2)Oc2cc(Cl)ccc2-n2cccc23)c1=O.COC[C@H](C)Oc1ccc(C(=O)N2CCC3(CC2)Oc2ccccc2-n2cccc23)cc1OC.COc1cc(C(=O)N2CCC3(CC2)Oc2ccccc2-n2cccc23)ccc1OC(C)(C)C. The van der Waals surface area contributed by atoms with Crippen molar-refractivity contribution in [1.29, 1.82) is 0 Å². The Kier molecular flexibility index (Phi) is 24.6. The lowest BCUT2D eigenvalue weighted by molar-refractivity contribution is -0.143. The molecule has 29 heteroatoms. The molecular formula is C102H106ClF3N10O15. The molecule has 4 fully saturated rings. The molecule has 0 bridgehead atoms. The summed E-state index contributed by atoms with van der Waals surface area (Å²) in [6.45, 7) is 18.2. The topological polar surface area (TPSA) is 239 Å². The van der Waals surface area contributed by atoms with Crippen LogP contribution >= 0.6 is 11.6 Å². The standard InChI is InChI=1S/C27H30N2O5.C27H30N2O4.C25H24F3N3O3.C23H22ClN3O3/c1-19(18-31-2)33-23-11-10-20(17-24(23)32-3)26(30)28-15-12-27(13-16-28)25-9-6-14-29(25)21-7-4-5-8-22(21)34-27;1-26(2,3)32-22-12-11-19(18-23(22)31-4)25(30)28-16-13-27(14-17-28)24-10-7-15-29(24)20-8-5-6-9-21(20)33-27;1-23(2,33)17-7-5-16(6-8-17)22(32)30-14-11-24(12-15-30)19-9-10-20(25(26,27)28)31(19)18-4-3-13-29-21(18)34-24;1-2-25-11-3-5-17(21(25)28)22(29)26-13-9-23(10-14-26)20-6-4-12-27(20)18-8-7-16(24)15-19(18)30-23/h4-11,14,17,19H,12-13,15-16,18H2,1-3H3;5-12,15,18H,13-14,16-17H2,1-4H3;3-10,13,33H,11-12,14-15H2,1-2H3;3-8,11-12,15H,2,9-10,13-14H2,1H3/t19-;;;/m0.../s1. The Morgan fingerprint density at radius 2 is 0.916 bits per heavy atom. The summed E-state index contributed by atoms with van der Waals surface area (Å²) in [6, 6.07) is 60.9. The number of ether oxygens (including phenoxy) is 9. The first-order valence-corrected chi connectivity index (χ1v) is 44.7. The Hall–Kier alpha value is -13.2. The number of pyridine rings is 2. The number of nitrogens with zero attached hydrogens (tertiary/aromatic N) is 10. The largest absolute Gasteiger partial charge is 0.493 e. The minimum absolute atomic E-state index is 0.00273. The molecule has 682 valence electrons. The van der Waals surface area contributed by atoms with Crippen LogP contribution in [0.15, 0.2) is 236 Å². The van der Waals surface area contributed by atoms with E-state index in [9.17, 15) is 42.3 Å². The van der Waals surface area contributed by atoms with Gasteiger partial charge in [0.1, 0.15) is 45.9 Å². The smallest absolute Gasteiger partial charge is 0.431 e. The first-order valence-electron chi connectivity index (χ1n) is 44.3. The van der Waals surface area contributed by atoms with E-state index in [1.807, 2.05) is 123 Å². The zero-order valence-electron chi connectivity index (χ0n) is 74.9. The van der Waals surface area contributed by atoms with Crippen LogP contribution in [0, 0.1) is 0 Å². The van der Waals surface area contributed by atoms with Gasteiger partial charge in [0.05, 0.1) is 66.3 Å². The Bertz CT molecular complexity index is 6300. The number of hydrogen-bond acceptors (Lipinski definition) is 16. The van der Waals surface area contributed by atoms with Crippen molar-refractivity contribution in [3.05, 3.63) is 303 Å². The molecule has 4 spiro atoms. The summed E-state index contributed by atoms with van der Waals surface area (Å²) in [5.74, 6) is 4.60. The van der Waals surface area contributed by atoms with E-state index in [1.54, 1.807) is 129 Å². The quantitative estimate of drug-likeness (QED) is 0.113. The van der Waals surface area contributed by atoms with Gasteiger partial charge in [0.15, 0.2) is 45.4 Å². The molecule has 0 saturated carbocycles. The molecule has 4 amide bonds.